The number of anilines is 4. The molecule has 4 heterocycles. The fraction of sp³-hybridized carbons (Fsp3) is 0.414. The van der Waals surface area contributed by atoms with Crippen LogP contribution in [0.5, 0.6) is 5.75 Å². The van der Waals surface area contributed by atoms with Crippen molar-refractivity contribution >= 4 is 45.9 Å². The lowest BCUT2D eigenvalue weighted by atomic mass is 9.87. The van der Waals surface area contributed by atoms with Gasteiger partial charge in [-0.05, 0) is 88.0 Å². The van der Waals surface area contributed by atoms with Crippen LogP contribution in [0.15, 0.2) is 41.3 Å². The van der Waals surface area contributed by atoms with Gasteiger partial charge in [-0.2, -0.15) is 15.1 Å². The number of benzene rings is 2. The largest absolute Gasteiger partial charge is 0.468 e. The first-order valence-corrected chi connectivity index (χ1v) is 14.3. The maximum atomic E-state index is 6.38. The Labute approximate surface area is 228 Å². The summed E-state index contributed by atoms with van der Waals surface area (Å²) in [6.07, 6.45) is 2.08. The summed E-state index contributed by atoms with van der Waals surface area (Å²) in [4.78, 5) is 13.2. The van der Waals surface area contributed by atoms with E-state index in [1.165, 1.54) is 16.0 Å². The van der Waals surface area contributed by atoms with Gasteiger partial charge in [0.15, 0.2) is 11.9 Å². The topological polar surface area (TPSA) is 91.0 Å². The van der Waals surface area contributed by atoms with Crippen molar-refractivity contribution in [2.24, 2.45) is 0 Å². The Balaban J connectivity index is 1.41. The number of thioether (sulfide) groups is 1. The molecule has 2 aliphatic rings. The van der Waals surface area contributed by atoms with Gasteiger partial charge in [0, 0.05) is 15.8 Å². The lowest BCUT2D eigenvalue weighted by Crippen LogP contribution is -2.29. The van der Waals surface area contributed by atoms with E-state index < -0.39 is 0 Å². The second-order valence-corrected chi connectivity index (χ2v) is 12.1. The average Bonchev–Trinajstić information content (AvgIpc) is 3.43. The molecule has 0 saturated carbocycles. The Hall–Kier alpha value is -3.30. The molecule has 0 aliphatic carbocycles. The Morgan fingerprint density at radius 1 is 1.11 bits per heavy atom. The molecule has 9 heteroatoms. The lowest BCUT2D eigenvalue weighted by molar-refractivity contribution is 0.254. The number of nitrogens with one attached hydrogen (secondary N) is 3. The van der Waals surface area contributed by atoms with Crippen LogP contribution in [0.2, 0.25) is 0 Å². The zero-order valence-electron chi connectivity index (χ0n) is 22.6. The van der Waals surface area contributed by atoms with Gasteiger partial charge in [0.1, 0.15) is 11.6 Å². The van der Waals surface area contributed by atoms with E-state index in [4.69, 9.17) is 14.7 Å². The molecule has 0 radical (unpaired) electrons. The molecule has 3 N–H and O–H groups in total. The zero-order chi connectivity index (χ0) is 26.4. The second-order valence-electron chi connectivity index (χ2n) is 10.5. The Morgan fingerprint density at radius 3 is 2.68 bits per heavy atom. The molecule has 0 spiro atoms. The first-order chi connectivity index (χ1) is 18.4. The van der Waals surface area contributed by atoms with E-state index in [2.05, 4.69) is 76.8 Å². The highest BCUT2D eigenvalue weighted by molar-refractivity contribution is 8.00. The summed E-state index contributed by atoms with van der Waals surface area (Å²) < 4.78 is 6.38. The summed E-state index contributed by atoms with van der Waals surface area (Å²) in [5.74, 6) is 2.76. The highest BCUT2D eigenvalue weighted by atomic mass is 32.2. The van der Waals surface area contributed by atoms with E-state index in [9.17, 15) is 0 Å². The normalized spacial score (nSPS) is 17.7. The molecule has 1 atom stereocenters. The summed E-state index contributed by atoms with van der Waals surface area (Å²) in [6, 6.07) is 12.8. The van der Waals surface area contributed by atoms with E-state index >= 15 is 0 Å². The Kier molecular flexibility index (Phi) is 6.65. The molecular weight excluding hydrogens is 494 g/mol. The minimum absolute atomic E-state index is 0.234. The van der Waals surface area contributed by atoms with Crippen molar-refractivity contribution in [1.82, 2.24) is 25.5 Å². The Morgan fingerprint density at radius 2 is 1.89 bits per heavy atom. The van der Waals surface area contributed by atoms with E-state index in [0.717, 1.165) is 60.0 Å². The molecule has 2 aromatic heterocycles. The smallest absolute Gasteiger partial charge is 0.237 e. The van der Waals surface area contributed by atoms with Crippen LogP contribution < -0.4 is 20.3 Å². The van der Waals surface area contributed by atoms with Gasteiger partial charge in [-0.25, -0.2) is 0 Å². The number of fused-ring (bicyclic) bond motifs is 2. The number of H-pyrrole nitrogens is 1. The fourth-order valence-electron chi connectivity index (χ4n) is 5.56. The maximum Gasteiger partial charge on any atom is 0.237 e. The van der Waals surface area contributed by atoms with Gasteiger partial charge in [0.25, 0.3) is 0 Å². The number of aromatic nitrogens is 4. The third-order valence-corrected chi connectivity index (χ3v) is 8.43. The number of rotatable bonds is 6. The van der Waals surface area contributed by atoms with Crippen molar-refractivity contribution in [1.29, 1.82) is 0 Å². The summed E-state index contributed by atoms with van der Waals surface area (Å²) in [5.41, 5.74) is 6.25. The molecule has 6 rings (SSSR count). The number of aryl methyl sites for hydroxylation is 2. The molecule has 4 aromatic rings. The number of hydrogen-bond acceptors (Lipinski definition) is 8. The summed E-state index contributed by atoms with van der Waals surface area (Å²) in [5, 5.41) is 16.0. The Bertz CT molecular complexity index is 1480. The third kappa shape index (κ3) is 4.58. The monoisotopic (exact) mass is 529 g/mol. The average molecular weight is 530 g/mol. The number of para-hydroxylation sites is 1. The predicted octanol–water partition coefficient (Wildman–Crippen LogP) is 6.56. The zero-order valence-corrected chi connectivity index (χ0v) is 23.4. The molecule has 0 amide bonds. The minimum Gasteiger partial charge on any atom is -0.468 e. The van der Waals surface area contributed by atoms with Crippen molar-refractivity contribution in [3.8, 4) is 5.75 Å². The van der Waals surface area contributed by atoms with Crippen LogP contribution in [0.3, 0.4) is 0 Å². The summed E-state index contributed by atoms with van der Waals surface area (Å²) in [6.45, 7) is 12.8. The van der Waals surface area contributed by atoms with Gasteiger partial charge in [0.05, 0.1) is 16.8 Å². The van der Waals surface area contributed by atoms with Gasteiger partial charge in [-0.15, -0.1) is 11.8 Å². The molecule has 2 aliphatic heterocycles. The lowest BCUT2D eigenvalue weighted by Gasteiger charge is -2.25. The van der Waals surface area contributed by atoms with Crippen molar-refractivity contribution in [2.45, 2.75) is 69.8 Å². The number of hydrogen-bond donors (Lipinski definition) is 3. The van der Waals surface area contributed by atoms with Crippen molar-refractivity contribution < 1.29 is 4.74 Å². The number of ether oxygens (including phenoxy) is 1. The standard InChI is InChI=1S/C29H35N7OS/c1-16(2)38-25-9-7-6-8-22(25)31-27-26-18(4)34-35-28(26)33-29(32-27)36-19(5)37-24-15-21(17(3)14-23(24)36)20-10-12-30-13-11-20/h6-9,14-16,19-20,30H,10-13H2,1-5H3,(H2,31,32,33,34,35). The minimum atomic E-state index is -0.234. The van der Waals surface area contributed by atoms with Crippen molar-refractivity contribution in [2.75, 3.05) is 23.3 Å². The van der Waals surface area contributed by atoms with Crippen LogP contribution in [0.4, 0.5) is 23.1 Å². The number of aromatic amines is 1. The van der Waals surface area contributed by atoms with E-state index in [-0.39, 0.29) is 6.23 Å². The molecule has 2 aromatic carbocycles. The predicted molar refractivity (Wildman–Crippen MR) is 155 cm³/mol. The van der Waals surface area contributed by atoms with Gasteiger partial charge in [-0.3, -0.25) is 10.00 Å². The molecule has 198 valence electrons. The SMILES string of the molecule is Cc1cc2c(cc1C1CCNCC1)OC(C)N2c1nc(Nc2ccccc2SC(C)C)c2c(C)[nH]nc2n1. The molecule has 8 nitrogen and oxygen atoms in total. The summed E-state index contributed by atoms with van der Waals surface area (Å²) in [7, 11) is 0. The highest BCUT2D eigenvalue weighted by Gasteiger charge is 2.34. The number of piperidine rings is 1. The van der Waals surface area contributed by atoms with Gasteiger partial charge >= 0.3 is 0 Å². The van der Waals surface area contributed by atoms with Crippen LogP contribution >= 0.6 is 11.8 Å². The van der Waals surface area contributed by atoms with E-state index in [1.807, 2.05) is 31.7 Å². The fourth-order valence-corrected chi connectivity index (χ4v) is 6.47. The molecule has 1 unspecified atom stereocenters. The van der Waals surface area contributed by atoms with Crippen LogP contribution in [0.1, 0.15) is 56.4 Å². The van der Waals surface area contributed by atoms with E-state index in [0.29, 0.717) is 22.8 Å². The molecule has 0 bridgehead atoms. The summed E-state index contributed by atoms with van der Waals surface area (Å²) >= 11 is 1.83. The second kappa shape index (κ2) is 10.1. The first kappa shape index (κ1) is 25.0. The molecular formula is C29H35N7OS. The van der Waals surface area contributed by atoms with Crippen molar-refractivity contribution in [3.63, 3.8) is 0 Å². The van der Waals surface area contributed by atoms with Crippen LogP contribution in [-0.4, -0.2) is 44.7 Å². The molecule has 1 saturated heterocycles. The van der Waals surface area contributed by atoms with Gasteiger partial charge in [-0.1, -0.05) is 26.0 Å². The number of nitrogens with zero attached hydrogens (tertiary/aromatic N) is 4. The van der Waals surface area contributed by atoms with Gasteiger partial charge in [0.2, 0.25) is 5.95 Å². The van der Waals surface area contributed by atoms with Gasteiger partial charge < -0.3 is 15.4 Å². The van der Waals surface area contributed by atoms with Crippen LogP contribution in [0, 0.1) is 13.8 Å². The van der Waals surface area contributed by atoms with Crippen LogP contribution in [0.25, 0.3) is 11.0 Å². The van der Waals surface area contributed by atoms with Crippen LogP contribution in [-0.2, 0) is 0 Å². The molecule has 1 fully saturated rings. The van der Waals surface area contributed by atoms with E-state index in [1.54, 1.807) is 0 Å². The highest BCUT2D eigenvalue weighted by Crippen LogP contribution is 2.45. The quantitative estimate of drug-likeness (QED) is 0.242. The van der Waals surface area contributed by atoms with Crippen molar-refractivity contribution in [3.05, 3.63) is 53.2 Å². The first-order valence-electron chi connectivity index (χ1n) is 13.5. The maximum absolute atomic E-state index is 6.38. The molecule has 38 heavy (non-hydrogen) atoms. The third-order valence-electron chi connectivity index (χ3n) is 7.35.